The SMILES string of the molecule is CN(C[C@@H]1COc2ccccc2O1)C(=O)Cn1nnc(-c2cccc(Cl)c2)n1. The zero-order chi connectivity index (χ0) is 19.5. The zero-order valence-electron chi connectivity index (χ0n) is 15.2. The van der Waals surface area contributed by atoms with Crippen LogP contribution in [0, 0.1) is 0 Å². The van der Waals surface area contributed by atoms with Gasteiger partial charge in [-0.15, -0.1) is 10.2 Å². The molecule has 2 aromatic carbocycles. The first-order chi connectivity index (χ1) is 13.6. The Balaban J connectivity index is 1.35. The predicted molar refractivity (Wildman–Crippen MR) is 102 cm³/mol. The Hall–Kier alpha value is -3.13. The minimum atomic E-state index is -0.241. The number of tetrazole rings is 1. The highest BCUT2D eigenvalue weighted by molar-refractivity contribution is 6.30. The van der Waals surface area contributed by atoms with E-state index in [0.717, 1.165) is 5.56 Å². The topological polar surface area (TPSA) is 82.4 Å². The quantitative estimate of drug-likeness (QED) is 0.654. The molecule has 0 aliphatic carbocycles. The van der Waals surface area contributed by atoms with E-state index >= 15 is 0 Å². The number of nitrogens with zero attached hydrogens (tertiary/aromatic N) is 5. The number of halogens is 1. The number of aromatic nitrogens is 4. The molecule has 1 aromatic heterocycles. The molecule has 0 fully saturated rings. The molecule has 0 radical (unpaired) electrons. The van der Waals surface area contributed by atoms with E-state index in [1.807, 2.05) is 36.4 Å². The number of ether oxygens (including phenoxy) is 2. The summed E-state index contributed by atoms with van der Waals surface area (Å²) in [6.45, 7) is 0.756. The van der Waals surface area contributed by atoms with Gasteiger partial charge in [0.25, 0.3) is 0 Å². The van der Waals surface area contributed by atoms with E-state index in [1.54, 1.807) is 24.1 Å². The summed E-state index contributed by atoms with van der Waals surface area (Å²) in [5, 5.41) is 12.8. The summed E-state index contributed by atoms with van der Waals surface area (Å²) in [5.41, 5.74) is 0.742. The van der Waals surface area contributed by atoms with E-state index < -0.39 is 0 Å². The van der Waals surface area contributed by atoms with Crippen molar-refractivity contribution in [1.29, 1.82) is 0 Å². The van der Waals surface area contributed by atoms with Crippen LogP contribution in [0.25, 0.3) is 11.4 Å². The molecule has 1 aliphatic rings. The minimum Gasteiger partial charge on any atom is -0.486 e. The van der Waals surface area contributed by atoms with Gasteiger partial charge in [-0.1, -0.05) is 35.9 Å². The van der Waals surface area contributed by atoms with Gasteiger partial charge in [0.1, 0.15) is 13.2 Å². The van der Waals surface area contributed by atoms with Crippen LogP contribution in [0.15, 0.2) is 48.5 Å². The first kappa shape index (κ1) is 18.2. The largest absolute Gasteiger partial charge is 0.486 e. The Labute approximate surface area is 166 Å². The molecular formula is C19H18ClN5O3. The van der Waals surface area contributed by atoms with Gasteiger partial charge in [0.05, 0.1) is 6.54 Å². The van der Waals surface area contributed by atoms with Crippen LogP contribution in [-0.2, 0) is 11.3 Å². The summed E-state index contributed by atoms with van der Waals surface area (Å²) in [6, 6.07) is 14.6. The summed E-state index contributed by atoms with van der Waals surface area (Å²) in [6.07, 6.45) is -0.241. The van der Waals surface area contributed by atoms with Gasteiger partial charge in [0.2, 0.25) is 11.7 Å². The Bertz CT molecular complexity index is 993. The molecule has 1 aliphatic heterocycles. The van der Waals surface area contributed by atoms with E-state index in [4.69, 9.17) is 21.1 Å². The summed E-state index contributed by atoms with van der Waals surface area (Å²) < 4.78 is 11.6. The van der Waals surface area contributed by atoms with Gasteiger partial charge >= 0.3 is 0 Å². The molecular weight excluding hydrogens is 382 g/mol. The fourth-order valence-electron chi connectivity index (χ4n) is 2.86. The zero-order valence-corrected chi connectivity index (χ0v) is 15.9. The van der Waals surface area contributed by atoms with Crippen LogP contribution in [-0.4, -0.2) is 57.3 Å². The van der Waals surface area contributed by atoms with Crippen LogP contribution in [0.1, 0.15) is 0 Å². The summed E-state index contributed by atoms with van der Waals surface area (Å²) in [4.78, 5) is 15.4. The van der Waals surface area contributed by atoms with Crippen molar-refractivity contribution in [3.8, 4) is 22.9 Å². The van der Waals surface area contributed by atoms with Crippen molar-refractivity contribution < 1.29 is 14.3 Å². The molecule has 8 nitrogen and oxygen atoms in total. The van der Waals surface area contributed by atoms with Crippen LogP contribution in [0.2, 0.25) is 5.02 Å². The van der Waals surface area contributed by atoms with Gasteiger partial charge in [0, 0.05) is 17.6 Å². The molecule has 0 saturated carbocycles. The summed E-state index contributed by atoms with van der Waals surface area (Å²) in [7, 11) is 1.71. The fourth-order valence-corrected chi connectivity index (χ4v) is 3.05. The number of fused-ring (bicyclic) bond motifs is 1. The molecule has 0 spiro atoms. The van der Waals surface area contributed by atoms with E-state index in [2.05, 4.69) is 15.4 Å². The first-order valence-corrected chi connectivity index (χ1v) is 9.12. The maximum absolute atomic E-state index is 12.5. The minimum absolute atomic E-state index is 0.0196. The van der Waals surface area contributed by atoms with E-state index in [1.165, 1.54) is 4.80 Å². The molecule has 0 bridgehead atoms. The molecule has 0 unspecified atom stereocenters. The van der Waals surface area contributed by atoms with Crippen LogP contribution in [0.5, 0.6) is 11.5 Å². The molecule has 9 heteroatoms. The van der Waals surface area contributed by atoms with Crippen molar-refractivity contribution in [2.75, 3.05) is 20.2 Å². The van der Waals surface area contributed by atoms with Gasteiger partial charge in [-0.25, -0.2) is 0 Å². The lowest BCUT2D eigenvalue weighted by molar-refractivity contribution is -0.132. The second-order valence-corrected chi connectivity index (χ2v) is 6.86. The third-order valence-corrected chi connectivity index (χ3v) is 4.52. The van der Waals surface area contributed by atoms with Gasteiger partial charge in [0.15, 0.2) is 17.6 Å². The van der Waals surface area contributed by atoms with Gasteiger partial charge in [-0.3, -0.25) is 4.79 Å². The number of carbonyl (C=O) groups is 1. The molecule has 0 N–H and O–H groups in total. The first-order valence-electron chi connectivity index (χ1n) is 8.74. The van der Waals surface area contributed by atoms with E-state index in [-0.39, 0.29) is 18.6 Å². The van der Waals surface area contributed by atoms with Gasteiger partial charge < -0.3 is 14.4 Å². The van der Waals surface area contributed by atoms with Gasteiger partial charge in [-0.05, 0) is 29.5 Å². The third kappa shape index (κ3) is 4.07. The van der Waals surface area contributed by atoms with Gasteiger partial charge in [-0.2, -0.15) is 4.80 Å². The van der Waals surface area contributed by atoms with Crippen molar-refractivity contribution in [2.24, 2.45) is 0 Å². The Morgan fingerprint density at radius 2 is 2.07 bits per heavy atom. The Morgan fingerprint density at radius 1 is 1.25 bits per heavy atom. The average Bonchev–Trinajstić information content (AvgIpc) is 3.16. The van der Waals surface area contributed by atoms with Crippen molar-refractivity contribution in [2.45, 2.75) is 12.6 Å². The molecule has 144 valence electrons. The Morgan fingerprint density at radius 3 is 2.89 bits per heavy atom. The molecule has 2 heterocycles. The van der Waals surface area contributed by atoms with Crippen LogP contribution in [0.3, 0.4) is 0 Å². The maximum atomic E-state index is 12.5. The average molecular weight is 400 g/mol. The van der Waals surface area contributed by atoms with Crippen molar-refractivity contribution >= 4 is 17.5 Å². The fraction of sp³-hybridized carbons (Fsp3) is 0.263. The van der Waals surface area contributed by atoms with Crippen LogP contribution in [0.4, 0.5) is 0 Å². The van der Waals surface area contributed by atoms with Crippen molar-refractivity contribution in [1.82, 2.24) is 25.1 Å². The highest BCUT2D eigenvalue weighted by atomic mass is 35.5. The number of likely N-dealkylation sites (N-methyl/N-ethyl adjacent to an activating group) is 1. The summed E-state index contributed by atoms with van der Waals surface area (Å²) in [5.74, 6) is 1.66. The Kier molecular flexibility index (Phi) is 5.12. The number of para-hydroxylation sites is 2. The normalized spacial score (nSPS) is 15.3. The molecule has 4 rings (SSSR count). The molecule has 0 saturated heterocycles. The molecule has 1 atom stereocenters. The molecule has 3 aromatic rings. The number of benzene rings is 2. The van der Waals surface area contributed by atoms with Crippen molar-refractivity contribution in [3.05, 3.63) is 53.6 Å². The lowest BCUT2D eigenvalue weighted by Gasteiger charge is -2.29. The predicted octanol–water partition coefficient (Wildman–Crippen LogP) is 2.29. The second-order valence-electron chi connectivity index (χ2n) is 6.43. The third-order valence-electron chi connectivity index (χ3n) is 4.28. The van der Waals surface area contributed by atoms with Crippen LogP contribution < -0.4 is 9.47 Å². The maximum Gasteiger partial charge on any atom is 0.246 e. The smallest absolute Gasteiger partial charge is 0.246 e. The number of hydrogen-bond donors (Lipinski definition) is 0. The summed E-state index contributed by atoms with van der Waals surface area (Å²) >= 11 is 5.99. The van der Waals surface area contributed by atoms with Crippen LogP contribution >= 0.6 is 11.6 Å². The lowest BCUT2D eigenvalue weighted by Crippen LogP contribution is -2.43. The lowest BCUT2D eigenvalue weighted by atomic mass is 10.2. The number of carbonyl (C=O) groups excluding carboxylic acids is 1. The molecule has 1 amide bonds. The highest BCUT2D eigenvalue weighted by Gasteiger charge is 2.24. The number of rotatable bonds is 5. The van der Waals surface area contributed by atoms with E-state index in [9.17, 15) is 4.79 Å². The monoisotopic (exact) mass is 399 g/mol. The van der Waals surface area contributed by atoms with Crippen molar-refractivity contribution in [3.63, 3.8) is 0 Å². The standard InChI is InChI=1S/C19H18ClN5O3/c1-24(10-15-12-27-16-7-2-3-8-17(16)28-15)18(26)11-25-22-19(21-23-25)13-5-4-6-14(20)9-13/h2-9,15H,10-12H2,1H3/t15-/m1/s1. The molecule has 28 heavy (non-hydrogen) atoms. The van der Waals surface area contributed by atoms with E-state index in [0.29, 0.717) is 35.5 Å². The number of amides is 1. The number of hydrogen-bond acceptors (Lipinski definition) is 6. The highest BCUT2D eigenvalue weighted by Crippen LogP contribution is 2.30. The second kappa shape index (κ2) is 7.85.